The van der Waals surface area contributed by atoms with E-state index in [4.69, 9.17) is 14.8 Å². The summed E-state index contributed by atoms with van der Waals surface area (Å²) >= 11 is 0. The Kier molecular flexibility index (Phi) is 3.71. The van der Waals surface area contributed by atoms with Crippen LogP contribution in [0.3, 0.4) is 0 Å². The summed E-state index contributed by atoms with van der Waals surface area (Å²) < 4.78 is 4.85. The van der Waals surface area contributed by atoms with Gasteiger partial charge in [0.25, 0.3) is 0 Å². The molecule has 0 radical (unpaired) electrons. The number of hydrogen-bond acceptors (Lipinski definition) is 4. The van der Waals surface area contributed by atoms with Gasteiger partial charge in [-0.05, 0) is 12.9 Å². The Morgan fingerprint density at radius 1 is 1.53 bits per heavy atom. The monoisotopic (exact) mass is 210 g/mol. The largest absolute Gasteiger partial charge is 0.507 e. The van der Waals surface area contributed by atoms with Gasteiger partial charge in [-0.1, -0.05) is 12.1 Å². The number of carboxylic acids is 1. The van der Waals surface area contributed by atoms with Gasteiger partial charge < -0.3 is 19.9 Å². The first-order chi connectivity index (χ1) is 7.02. The average Bonchev–Trinajstić information content (AvgIpc) is 2.15. The van der Waals surface area contributed by atoms with Crippen LogP contribution in [0, 0.1) is 0 Å². The van der Waals surface area contributed by atoms with E-state index in [1.54, 1.807) is 0 Å². The quantitative estimate of drug-likeness (QED) is 0.637. The lowest BCUT2D eigenvalue weighted by Gasteiger charge is -2.08. The van der Waals surface area contributed by atoms with Gasteiger partial charge in [-0.2, -0.15) is 0 Å². The fourth-order valence-electron chi connectivity index (χ4n) is 1.09. The second kappa shape index (κ2) is 4.81. The molecule has 0 saturated heterocycles. The molecule has 80 valence electrons. The Labute approximate surface area is 87.1 Å². The minimum absolute atomic E-state index is 0.0371. The number of aromatic hydroxyl groups is 1. The molecule has 0 aliphatic carbocycles. The van der Waals surface area contributed by atoms with Gasteiger partial charge in [0.15, 0.2) is 0 Å². The molecule has 0 unspecified atom stereocenters. The molecule has 1 aromatic rings. The molecule has 0 amide bonds. The molecule has 0 bridgehead atoms. The number of rotatable bonds is 4. The first-order valence-corrected chi connectivity index (χ1v) is 4.36. The Morgan fingerprint density at radius 2 is 2.20 bits per heavy atom. The van der Waals surface area contributed by atoms with Crippen LogP contribution in [0.15, 0.2) is 18.2 Å². The molecular weight excluding hydrogens is 199 g/mol. The molecule has 0 aromatic heterocycles. The van der Waals surface area contributed by atoms with E-state index in [1.165, 1.54) is 25.0 Å². The molecule has 0 spiro atoms. The Hall–Kier alpha value is -1.53. The highest BCUT2D eigenvalue weighted by Crippen LogP contribution is 2.23. The zero-order chi connectivity index (χ0) is 11.4. The number of aromatic carboxylic acids is 1. The van der Waals surface area contributed by atoms with E-state index in [1.807, 2.05) is 0 Å². The number of carbonyl (C=O) groups is 1. The summed E-state index contributed by atoms with van der Waals surface area (Å²) in [6.07, 6.45) is 0. The van der Waals surface area contributed by atoms with Crippen LogP contribution in [-0.2, 0) is 11.3 Å². The minimum Gasteiger partial charge on any atom is -0.507 e. The highest BCUT2D eigenvalue weighted by Gasteiger charge is 2.13. The van der Waals surface area contributed by atoms with Crippen molar-refractivity contribution < 1.29 is 24.7 Å². The summed E-state index contributed by atoms with van der Waals surface area (Å²) in [5, 5.41) is 27.1. The van der Waals surface area contributed by atoms with Crippen molar-refractivity contribution in [3.63, 3.8) is 0 Å². The van der Waals surface area contributed by atoms with Gasteiger partial charge in [-0.3, -0.25) is 0 Å². The van der Waals surface area contributed by atoms with Crippen LogP contribution >= 0.6 is 0 Å². The summed E-state index contributed by atoms with van der Waals surface area (Å²) in [6, 6.07) is 4.33. The summed E-state index contributed by atoms with van der Waals surface area (Å²) in [7, 11) is -0.960. The Balaban J connectivity index is 2.89. The molecule has 0 aliphatic rings. The number of hydrogen-bond donors (Lipinski definition) is 3. The van der Waals surface area contributed by atoms with Crippen molar-refractivity contribution in [1.82, 2.24) is 0 Å². The second-order valence-corrected chi connectivity index (χ2v) is 3.03. The maximum Gasteiger partial charge on any atom is 0.451 e. The summed E-state index contributed by atoms with van der Waals surface area (Å²) in [4.78, 5) is 10.7. The first-order valence-electron chi connectivity index (χ1n) is 4.36. The van der Waals surface area contributed by atoms with Gasteiger partial charge in [0.2, 0.25) is 0 Å². The predicted octanol–water partition coefficient (Wildman–Crippen LogP) is 0.717. The van der Waals surface area contributed by atoms with E-state index >= 15 is 0 Å². The number of carboxylic acid groups (broad SMARTS) is 1. The molecule has 5 nitrogen and oxygen atoms in total. The average molecular weight is 210 g/mol. The van der Waals surface area contributed by atoms with Crippen LogP contribution in [0.1, 0.15) is 15.9 Å². The fraction of sp³-hybridized carbons (Fsp3) is 0.222. The lowest BCUT2D eigenvalue weighted by Crippen LogP contribution is -2.12. The lowest BCUT2D eigenvalue weighted by atomic mass is 9.96. The lowest BCUT2D eigenvalue weighted by molar-refractivity contribution is 0.0693. The fourth-order valence-corrected chi connectivity index (χ4v) is 1.09. The summed E-state index contributed by atoms with van der Waals surface area (Å²) in [5.41, 5.74) is 0.150. The van der Waals surface area contributed by atoms with Crippen molar-refractivity contribution in [1.29, 1.82) is 0 Å². The van der Waals surface area contributed by atoms with Crippen molar-refractivity contribution in [2.24, 2.45) is 0 Å². The molecule has 0 heterocycles. The molecule has 6 heteroatoms. The third-order valence-corrected chi connectivity index (χ3v) is 1.83. The molecular formula is C9H11BO5. The molecule has 0 atom stereocenters. The van der Waals surface area contributed by atoms with Crippen molar-refractivity contribution in [3.8, 4) is 5.75 Å². The van der Waals surface area contributed by atoms with Crippen molar-refractivity contribution >= 4 is 13.1 Å². The van der Waals surface area contributed by atoms with Gasteiger partial charge in [0.1, 0.15) is 11.3 Å². The third kappa shape index (κ3) is 2.97. The smallest absolute Gasteiger partial charge is 0.451 e. The van der Waals surface area contributed by atoms with Gasteiger partial charge in [0, 0.05) is 5.56 Å². The Morgan fingerprint density at radius 3 is 2.73 bits per heavy atom. The zero-order valence-electron chi connectivity index (χ0n) is 8.17. The van der Waals surface area contributed by atoms with E-state index in [2.05, 4.69) is 0 Å². The van der Waals surface area contributed by atoms with Crippen LogP contribution in [0.2, 0.25) is 6.82 Å². The van der Waals surface area contributed by atoms with E-state index < -0.39 is 13.1 Å². The van der Waals surface area contributed by atoms with Gasteiger partial charge in [-0.15, -0.1) is 0 Å². The zero-order valence-corrected chi connectivity index (χ0v) is 8.17. The van der Waals surface area contributed by atoms with Gasteiger partial charge in [-0.25, -0.2) is 4.79 Å². The second-order valence-electron chi connectivity index (χ2n) is 3.03. The topological polar surface area (TPSA) is 87.0 Å². The molecule has 0 fully saturated rings. The highest BCUT2D eigenvalue weighted by molar-refractivity contribution is 6.40. The highest BCUT2D eigenvalue weighted by atomic mass is 16.5. The summed E-state index contributed by atoms with van der Waals surface area (Å²) in [5.74, 6) is -1.53. The molecule has 15 heavy (non-hydrogen) atoms. The number of benzene rings is 1. The summed E-state index contributed by atoms with van der Waals surface area (Å²) in [6.45, 7) is 1.39. The van der Waals surface area contributed by atoms with Crippen molar-refractivity contribution in [3.05, 3.63) is 29.3 Å². The predicted molar refractivity (Wildman–Crippen MR) is 53.7 cm³/mol. The SMILES string of the molecule is CB(O)OCc1cccc(C(=O)O)c1O. The van der Waals surface area contributed by atoms with E-state index in [-0.39, 0.29) is 17.9 Å². The van der Waals surface area contributed by atoms with Gasteiger partial charge >= 0.3 is 13.1 Å². The number of para-hydroxylation sites is 1. The molecule has 3 N–H and O–H groups in total. The maximum absolute atomic E-state index is 10.7. The molecule has 1 rings (SSSR count). The van der Waals surface area contributed by atoms with E-state index in [0.717, 1.165) is 0 Å². The van der Waals surface area contributed by atoms with E-state index in [0.29, 0.717) is 5.56 Å². The van der Waals surface area contributed by atoms with Crippen LogP contribution in [0.25, 0.3) is 0 Å². The van der Waals surface area contributed by atoms with Crippen LogP contribution in [0.5, 0.6) is 5.75 Å². The third-order valence-electron chi connectivity index (χ3n) is 1.83. The van der Waals surface area contributed by atoms with Crippen LogP contribution < -0.4 is 0 Å². The normalized spacial score (nSPS) is 10.0. The Bertz CT molecular complexity index is 364. The standard InChI is InChI=1S/C9H11BO5/c1-10(14)15-5-6-3-2-4-7(8(6)11)9(12)13/h2-4,11,14H,5H2,1H3,(H,12,13). The first kappa shape index (κ1) is 11.5. The molecule has 0 saturated carbocycles. The molecule has 0 aliphatic heterocycles. The minimum atomic E-state index is -1.20. The molecule has 1 aromatic carbocycles. The number of phenols is 1. The van der Waals surface area contributed by atoms with Crippen molar-refractivity contribution in [2.45, 2.75) is 13.4 Å². The van der Waals surface area contributed by atoms with Gasteiger partial charge in [0.05, 0.1) is 6.61 Å². The maximum atomic E-state index is 10.7. The van der Waals surface area contributed by atoms with Crippen LogP contribution in [0.4, 0.5) is 0 Å². The van der Waals surface area contributed by atoms with Crippen molar-refractivity contribution in [2.75, 3.05) is 0 Å². The van der Waals surface area contributed by atoms with E-state index in [9.17, 15) is 9.90 Å². The van der Waals surface area contributed by atoms with Crippen LogP contribution in [-0.4, -0.2) is 28.3 Å².